The van der Waals surface area contributed by atoms with Gasteiger partial charge in [0.2, 0.25) is 0 Å². The summed E-state index contributed by atoms with van der Waals surface area (Å²) in [5.41, 5.74) is 0.514. The Bertz CT molecular complexity index is 614. The summed E-state index contributed by atoms with van der Waals surface area (Å²) in [5, 5.41) is 38.9. The topological polar surface area (TPSA) is 126 Å². The number of carbonyl (C=O) groups is 1. The molecule has 0 amide bonds. The average Bonchev–Trinajstić information content (AvgIpc) is 2.55. The lowest BCUT2D eigenvalue weighted by atomic mass is 10.00. The molecule has 5 unspecified atom stereocenters. The number of methoxy groups -OCH3 is 1. The van der Waals surface area contributed by atoms with Gasteiger partial charge in [-0.2, -0.15) is 0 Å². The number of phenolic OH excluding ortho intramolecular Hbond substituents is 1. The summed E-state index contributed by atoms with van der Waals surface area (Å²) in [6.45, 7) is 1.48. The molecule has 1 aromatic carbocycles. The fraction of sp³-hybridized carbons (Fsp3) is 0.438. The molecule has 0 saturated carbocycles. The number of ether oxygens (including phenoxy) is 3. The van der Waals surface area contributed by atoms with Gasteiger partial charge >= 0.3 is 5.97 Å². The molecule has 1 fully saturated rings. The number of hydrogen-bond acceptors (Lipinski definition) is 8. The van der Waals surface area contributed by atoms with Crippen molar-refractivity contribution >= 4 is 12.0 Å². The van der Waals surface area contributed by atoms with Crippen LogP contribution in [0.5, 0.6) is 11.5 Å². The third kappa shape index (κ3) is 4.04. The highest BCUT2D eigenvalue weighted by molar-refractivity contribution is 5.87. The molecule has 1 aliphatic rings. The monoisotopic (exact) mass is 340 g/mol. The van der Waals surface area contributed by atoms with Crippen LogP contribution in [0.15, 0.2) is 24.3 Å². The Morgan fingerprint density at radius 2 is 1.96 bits per heavy atom. The molecule has 0 aliphatic carbocycles. The Labute approximate surface area is 138 Å². The van der Waals surface area contributed by atoms with E-state index in [0.29, 0.717) is 11.3 Å². The molecule has 5 atom stereocenters. The summed E-state index contributed by atoms with van der Waals surface area (Å²) in [4.78, 5) is 11.8. The highest BCUT2D eigenvalue weighted by atomic mass is 16.7. The van der Waals surface area contributed by atoms with Crippen molar-refractivity contribution in [2.75, 3.05) is 7.11 Å². The van der Waals surface area contributed by atoms with Crippen molar-refractivity contribution in [1.29, 1.82) is 0 Å². The number of carbonyl (C=O) groups excluding carboxylic acids is 1. The second-order valence-corrected chi connectivity index (χ2v) is 5.38. The zero-order chi connectivity index (χ0) is 17.9. The predicted octanol–water partition coefficient (Wildman–Crippen LogP) is -0.215. The van der Waals surface area contributed by atoms with E-state index in [1.807, 2.05) is 0 Å². The van der Waals surface area contributed by atoms with Crippen LogP contribution in [0.1, 0.15) is 12.5 Å². The van der Waals surface area contributed by atoms with Crippen molar-refractivity contribution in [2.45, 2.75) is 37.6 Å². The highest BCUT2D eigenvalue weighted by Crippen LogP contribution is 2.27. The first-order chi connectivity index (χ1) is 11.3. The van der Waals surface area contributed by atoms with Gasteiger partial charge in [0, 0.05) is 6.08 Å². The van der Waals surface area contributed by atoms with E-state index in [9.17, 15) is 25.2 Å². The minimum Gasteiger partial charge on any atom is -0.504 e. The number of aliphatic hydroxyl groups is 3. The number of phenols is 1. The van der Waals surface area contributed by atoms with E-state index in [2.05, 4.69) is 0 Å². The van der Waals surface area contributed by atoms with Gasteiger partial charge in [-0.15, -0.1) is 0 Å². The molecule has 1 aliphatic heterocycles. The maximum absolute atomic E-state index is 11.8. The van der Waals surface area contributed by atoms with E-state index >= 15 is 0 Å². The third-order valence-corrected chi connectivity index (χ3v) is 3.67. The quantitative estimate of drug-likeness (QED) is 0.438. The molecule has 1 heterocycles. The van der Waals surface area contributed by atoms with Crippen molar-refractivity contribution in [1.82, 2.24) is 0 Å². The van der Waals surface area contributed by atoms with Crippen molar-refractivity contribution < 1.29 is 39.4 Å². The van der Waals surface area contributed by atoms with Crippen LogP contribution in [0.3, 0.4) is 0 Å². The Morgan fingerprint density at radius 1 is 1.25 bits per heavy atom. The molecule has 4 N–H and O–H groups in total. The van der Waals surface area contributed by atoms with Crippen LogP contribution >= 0.6 is 0 Å². The van der Waals surface area contributed by atoms with Gasteiger partial charge in [-0.1, -0.05) is 6.07 Å². The number of benzene rings is 1. The predicted molar refractivity (Wildman–Crippen MR) is 82.1 cm³/mol. The van der Waals surface area contributed by atoms with Gasteiger partial charge in [0.1, 0.15) is 12.2 Å². The molecule has 24 heavy (non-hydrogen) atoms. The number of esters is 1. The van der Waals surface area contributed by atoms with E-state index in [4.69, 9.17) is 14.2 Å². The zero-order valence-corrected chi connectivity index (χ0v) is 13.2. The molecule has 0 aromatic heterocycles. The van der Waals surface area contributed by atoms with Crippen LogP contribution in [-0.2, 0) is 14.3 Å². The minimum atomic E-state index is -1.54. The van der Waals surface area contributed by atoms with Crippen molar-refractivity contribution in [3.8, 4) is 11.5 Å². The van der Waals surface area contributed by atoms with E-state index < -0.39 is 36.7 Å². The van der Waals surface area contributed by atoms with E-state index in [1.165, 1.54) is 32.2 Å². The van der Waals surface area contributed by atoms with Crippen LogP contribution in [0.2, 0.25) is 0 Å². The highest BCUT2D eigenvalue weighted by Gasteiger charge is 2.44. The number of hydrogen-bond donors (Lipinski definition) is 4. The van der Waals surface area contributed by atoms with Crippen molar-refractivity contribution in [3.05, 3.63) is 29.8 Å². The summed E-state index contributed by atoms with van der Waals surface area (Å²) in [5.74, 6) is -0.640. The maximum atomic E-state index is 11.8. The fourth-order valence-electron chi connectivity index (χ4n) is 2.29. The number of aromatic hydroxyl groups is 1. The van der Waals surface area contributed by atoms with E-state index in [1.54, 1.807) is 6.07 Å². The zero-order valence-electron chi connectivity index (χ0n) is 13.2. The fourth-order valence-corrected chi connectivity index (χ4v) is 2.29. The van der Waals surface area contributed by atoms with Crippen LogP contribution in [0.25, 0.3) is 6.08 Å². The molecule has 2 rings (SSSR count). The lowest BCUT2D eigenvalue weighted by Gasteiger charge is -2.38. The normalized spacial score (nSPS) is 30.3. The lowest BCUT2D eigenvalue weighted by Crippen LogP contribution is -2.57. The first-order valence-electron chi connectivity index (χ1n) is 7.29. The average molecular weight is 340 g/mol. The molecule has 1 saturated heterocycles. The first-order valence-corrected chi connectivity index (χ1v) is 7.29. The van der Waals surface area contributed by atoms with Gasteiger partial charge < -0.3 is 34.6 Å². The Morgan fingerprint density at radius 3 is 2.58 bits per heavy atom. The molecular formula is C16H20O8. The first kappa shape index (κ1) is 18.2. The second kappa shape index (κ2) is 7.63. The maximum Gasteiger partial charge on any atom is 0.331 e. The van der Waals surface area contributed by atoms with Gasteiger partial charge in [-0.25, -0.2) is 4.79 Å². The number of aliphatic hydroxyl groups excluding tert-OH is 3. The number of rotatable bonds is 4. The summed E-state index contributed by atoms with van der Waals surface area (Å²) in [6.07, 6.45) is -4.05. The third-order valence-electron chi connectivity index (χ3n) is 3.67. The van der Waals surface area contributed by atoms with Crippen LogP contribution < -0.4 is 4.74 Å². The summed E-state index contributed by atoms with van der Waals surface area (Å²) in [7, 11) is 1.42. The van der Waals surface area contributed by atoms with Gasteiger partial charge in [-0.3, -0.25) is 0 Å². The SMILES string of the molecule is COc1ccc(C=CC(=O)OC2C(O)OC(C)C(O)C2O)cc1O. The molecule has 0 bridgehead atoms. The second-order valence-electron chi connectivity index (χ2n) is 5.38. The molecule has 1 aromatic rings. The van der Waals surface area contributed by atoms with Crippen LogP contribution in [-0.4, -0.2) is 64.2 Å². The van der Waals surface area contributed by atoms with Gasteiger partial charge in [0.25, 0.3) is 0 Å². The van der Waals surface area contributed by atoms with E-state index in [0.717, 1.165) is 6.08 Å². The smallest absolute Gasteiger partial charge is 0.331 e. The summed E-state index contributed by atoms with van der Waals surface area (Å²) < 4.78 is 14.8. The van der Waals surface area contributed by atoms with Crippen molar-refractivity contribution in [3.63, 3.8) is 0 Å². The molecule has 8 heteroatoms. The molecular weight excluding hydrogens is 320 g/mol. The van der Waals surface area contributed by atoms with Crippen molar-refractivity contribution in [2.24, 2.45) is 0 Å². The molecule has 132 valence electrons. The summed E-state index contributed by atoms with van der Waals surface area (Å²) >= 11 is 0. The Balaban J connectivity index is 2.01. The van der Waals surface area contributed by atoms with E-state index in [-0.39, 0.29) is 5.75 Å². The molecule has 8 nitrogen and oxygen atoms in total. The largest absolute Gasteiger partial charge is 0.504 e. The minimum absolute atomic E-state index is 0.0864. The molecule has 0 radical (unpaired) electrons. The standard InChI is InChI=1S/C16H20O8/c1-8-13(19)14(20)15(16(21)23-8)24-12(18)6-4-9-3-5-11(22-2)10(17)7-9/h3-8,13-17,19-21H,1-2H3. The van der Waals surface area contributed by atoms with Gasteiger partial charge in [-0.05, 0) is 30.7 Å². The Kier molecular flexibility index (Phi) is 5.79. The van der Waals surface area contributed by atoms with Gasteiger partial charge in [0.15, 0.2) is 23.9 Å². The van der Waals surface area contributed by atoms with Gasteiger partial charge in [0.05, 0.1) is 13.2 Å². The van der Waals surface area contributed by atoms with Crippen LogP contribution in [0, 0.1) is 0 Å². The lowest BCUT2D eigenvalue weighted by molar-refractivity contribution is -0.281. The van der Waals surface area contributed by atoms with Crippen LogP contribution in [0.4, 0.5) is 0 Å². The molecule has 0 spiro atoms. The Hall–Kier alpha value is -2.13. The summed E-state index contributed by atoms with van der Waals surface area (Å²) in [6, 6.07) is 4.53.